The third-order valence-corrected chi connectivity index (χ3v) is 6.15. The van der Waals surface area contributed by atoms with Gasteiger partial charge in [-0.25, -0.2) is 0 Å². The lowest BCUT2D eigenvalue weighted by atomic mass is 9.59. The molecule has 148 valence electrons. The van der Waals surface area contributed by atoms with Crippen LogP contribution in [0.3, 0.4) is 0 Å². The Morgan fingerprint density at radius 1 is 0.600 bits per heavy atom. The van der Waals surface area contributed by atoms with Gasteiger partial charge in [-0.3, -0.25) is 0 Å². The minimum atomic E-state index is -0.734. The van der Waals surface area contributed by atoms with Crippen LogP contribution in [0.1, 0.15) is 33.4 Å². The Bertz CT molecular complexity index is 1180. The van der Waals surface area contributed by atoms with Crippen LogP contribution < -0.4 is 11.5 Å². The second kappa shape index (κ2) is 6.56. The van der Waals surface area contributed by atoms with Gasteiger partial charge < -0.3 is 21.7 Å². The molecular weight excluding hydrogens is 372 g/mol. The number of benzene rings is 4. The number of nitrogen functional groups attached to an aromatic ring is 2. The minimum absolute atomic E-state index is 0.0343. The molecule has 0 aromatic heterocycles. The number of nitrogens with two attached hydrogens (primary N) is 2. The molecule has 0 fully saturated rings. The summed E-state index contributed by atoms with van der Waals surface area (Å²) in [5.41, 5.74) is 18.1. The van der Waals surface area contributed by atoms with Crippen LogP contribution in [0.4, 0.5) is 11.4 Å². The van der Waals surface area contributed by atoms with Crippen LogP contribution >= 0.6 is 0 Å². The lowest BCUT2D eigenvalue weighted by molar-refractivity contribution is 0.474. The summed E-state index contributed by atoms with van der Waals surface area (Å²) in [6, 6.07) is 27.4. The maximum atomic E-state index is 10.5. The number of fused-ring (bicyclic) bond motifs is 2. The van der Waals surface area contributed by atoms with Crippen molar-refractivity contribution < 1.29 is 10.2 Å². The Balaban J connectivity index is 1.97. The van der Waals surface area contributed by atoms with E-state index in [1.165, 1.54) is 11.1 Å². The topological polar surface area (TPSA) is 92.5 Å². The van der Waals surface area contributed by atoms with Gasteiger partial charge in [0.25, 0.3) is 0 Å². The van der Waals surface area contributed by atoms with E-state index < -0.39 is 5.41 Å². The molecule has 5 rings (SSSR count). The third kappa shape index (κ3) is 2.47. The van der Waals surface area contributed by atoms with E-state index in [1.807, 2.05) is 36.4 Å². The zero-order valence-electron chi connectivity index (χ0n) is 16.3. The molecule has 0 saturated heterocycles. The average molecular weight is 394 g/mol. The predicted octanol–water partition coefficient (Wildman–Crippen LogP) is 4.55. The molecule has 0 bridgehead atoms. The average Bonchev–Trinajstić information content (AvgIpc) is 2.76. The van der Waals surface area contributed by atoms with Gasteiger partial charge in [0.2, 0.25) is 0 Å². The maximum absolute atomic E-state index is 10.5. The van der Waals surface area contributed by atoms with E-state index in [0.717, 1.165) is 28.7 Å². The lowest BCUT2D eigenvalue weighted by Gasteiger charge is -2.42. The fourth-order valence-electron chi connectivity index (χ4n) is 4.77. The molecule has 4 aromatic rings. The number of hydrogen-bond acceptors (Lipinski definition) is 4. The van der Waals surface area contributed by atoms with Crippen molar-refractivity contribution in [3.8, 4) is 11.5 Å². The van der Waals surface area contributed by atoms with Crippen LogP contribution in [0.2, 0.25) is 0 Å². The molecule has 0 radical (unpaired) electrons. The Morgan fingerprint density at radius 2 is 1.03 bits per heavy atom. The van der Waals surface area contributed by atoms with Crippen molar-refractivity contribution >= 4 is 11.4 Å². The van der Waals surface area contributed by atoms with Crippen molar-refractivity contribution in [2.75, 3.05) is 11.5 Å². The molecule has 4 nitrogen and oxygen atoms in total. The summed E-state index contributed by atoms with van der Waals surface area (Å²) in [6.07, 6.45) is 0.815. The summed E-state index contributed by atoms with van der Waals surface area (Å²) >= 11 is 0. The first kappa shape index (κ1) is 18.1. The number of phenols is 2. The zero-order chi connectivity index (χ0) is 20.9. The Hall–Kier alpha value is -3.92. The van der Waals surface area contributed by atoms with Gasteiger partial charge in [-0.15, -0.1) is 0 Å². The highest BCUT2D eigenvalue weighted by Crippen LogP contribution is 2.52. The number of anilines is 2. The van der Waals surface area contributed by atoms with Crippen LogP contribution in [-0.2, 0) is 11.8 Å². The molecule has 6 N–H and O–H groups in total. The minimum Gasteiger partial charge on any atom is -0.506 e. The monoisotopic (exact) mass is 394 g/mol. The van der Waals surface area contributed by atoms with E-state index in [1.54, 1.807) is 24.3 Å². The van der Waals surface area contributed by atoms with Crippen LogP contribution in [0.25, 0.3) is 0 Å². The Morgan fingerprint density at radius 3 is 1.47 bits per heavy atom. The molecule has 30 heavy (non-hydrogen) atoms. The van der Waals surface area contributed by atoms with Crippen molar-refractivity contribution in [3.05, 3.63) is 118 Å². The number of aromatic hydroxyl groups is 2. The fourth-order valence-corrected chi connectivity index (χ4v) is 4.77. The molecule has 1 aliphatic carbocycles. The summed E-state index contributed by atoms with van der Waals surface area (Å²) < 4.78 is 0. The third-order valence-electron chi connectivity index (χ3n) is 6.15. The highest BCUT2D eigenvalue weighted by Gasteiger charge is 2.44. The number of rotatable bonds is 2. The van der Waals surface area contributed by atoms with E-state index in [0.29, 0.717) is 11.4 Å². The van der Waals surface area contributed by atoms with Gasteiger partial charge in [-0.05, 0) is 64.1 Å². The van der Waals surface area contributed by atoms with Crippen molar-refractivity contribution in [3.63, 3.8) is 0 Å². The van der Waals surface area contributed by atoms with Gasteiger partial charge in [-0.1, -0.05) is 60.7 Å². The normalized spacial score (nSPS) is 14.0. The van der Waals surface area contributed by atoms with Gasteiger partial charge >= 0.3 is 0 Å². The van der Waals surface area contributed by atoms with Crippen molar-refractivity contribution in [2.24, 2.45) is 0 Å². The van der Waals surface area contributed by atoms with Crippen LogP contribution in [0.5, 0.6) is 11.5 Å². The van der Waals surface area contributed by atoms with E-state index in [9.17, 15) is 10.2 Å². The fraction of sp³-hybridized carbons (Fsp3) is 0.0769. The summed E-state index contributed by atoms with van der Waals surface area (Å²) in [7, 11) is 0. The van der Waals surface area contributed by atoms with Gasteiger partial charge in [0, 0.05) is 0 Å². The number of hydrogen-bond donors (Lipinski definition) is 4. The smallest absolute Gasteiger partial charge is 0.138 e. The lowest BCUT2D eigenvalue weighted by Crippen LogP contribution is -2.36. The van der Waals surface area contributed by atoms with Crippen LogP contribution in [-0.4, -0.2) is 10.2 Å². The summed E-state index contributed by atoms with van der Waals surface area (Å²) in [5.74, 6) is 0.0687. The van der Waals surface area contributed by atoms with E-state index >= 15 is 0 Å². The van der Waals surface area contributed by atoms with Crippen molar-refractivity contribution in [1.82, 2.24) is 0 Å². The second-order valence-corrected chi connectivity index (χ2v) is 7.79. The van der Waals surface area contributed by atoms with Gasteiger partial charge in [-0.2, -0.15) is 0 Å². The van der Waals surface area contributed by atoms with Gasteiger partial charge in [0.15, 0.2) is 0 Å². The highest BCUT2D eigenvalue weighted by molar-refractivity contribution is 5.70. The van der Waals surface area contributed by atoms with Gasteiger partial charge in [0.1, 0.15) is 11.5 Å². The summed E-state index contributed by atoms with van der Waals surface area (Å²) in [4.78, 5) is 0. The second-order valence-electron chi connectivity index (χ2n) is 7.79. The van der Waals surface area contributed by atoms with Crippen molar-refractivity contribution in [1.29, 1.82) is 0 Å². The first-order valence-electron chi connectivity index (χ1n) is 9.86. The first-order chi connectivity index (χ1) is 14.5. The molecule has 0 unspecified atom stereocenters. The SMILES string of the molecule is Nc1ccc(C2(c3ccc(N)c(O)c3)c3ccccc3Cc3ccccc32)cc1O. The molecule has 0 heterocycles. The summed E-state index contributed by atoms with van der Waals surface area (Å²) in [6.45, 7) is 0. The molecule has 0 spiro atoms. The molecule has 1 aliphatic rings. The Labute approximate surface area is 175 Å². The molecule has 0 atom stereocenters. The van der Waals surface area contributed by atoms with E-state index in [4.69, 9.17) is 11.5 Å². The van der Waals surface area contributed by atoms with Crippen molar-refractivity contribution in [2.45, 2.75) is 11.8 Å². The van der Waals surface area contributed by atoms with E-state index in [2.05, 4.69) is 24.3 Å². The standard InChI is InChI=1S/C26H22N2O2/c27-22-11-9-18(14-24(22)29)26(19-10-12-23(28)25(30)15-19)20-7-3-1-5-16(20)13-17-6-2-4-8-21(17)26/h1-12,14-15,29-30H,13,27-28H2. The molecule has 0 amide bonds. The predicted molar refractivity (Wildman–Crippen MR) is 120 cm³/mol. The summed E-state index contributed by atoms with van der Waals surface area (Å²) in [5, 5.41) is 21.0. The molecule has 4 aromatic carbocycles. The maximum Gasteiger partial charge on any atom is 0.138 e. The largest absolute Gasteiger partial charge is 0.506 e. The van der Waals surface area contributed by atoms with Gasteiger partial charge in [0.05, 0.1) is 16.8 Å². The van der Waals surface area contributed by atoms with Crippen LogP contribution in [0.15, 0.2) is 84.9 Å². The zero-order valence-corrected chi connectivity index (χ0v) is 16.3. The Kier molecular flexibility index (Phi) is 3.97. The highest BCUT2D eigenvalue weighted by atomic mass is 16.3. The molecule has 0 aliphatic heterocycles. The van der Waals surface area contributed by atoms with Crippen LogP contribution in [0, 0.1) is 0 Å². The molecular formula is C26H22N2O2. The molecule has 4 heteroatoms. The molecule has 0 saturated carbocycles. The number of phenolic OH excluding ortho intramolecular Hbond substituents is 2. The quantitative estimate of drug-likeness (QED) is 0.261. The first-order valence-corrected chi connectivity index (χ1v) is 9.86. The van der Waals surface area contributed by atoms with E-state index in [-0.39, 0.29) is 11.5 Å².